The molecule has 0 aliphatic carbocycles. The number of hydrogen-bond donors (Lipinski definition) is 3. The molecule has 0 aliphatic rings. The predicted octanol–water partition coefficient (Wildman–Crippen LogP) is 0.151. The molecule has 0 spiro atoms. The highest BCUT2D eigenvalue weighted by Gasteiger charge is 2.09. The van der Waals surface area contributed by atoms with Crippen molar-refractivity contribution < 1.29 is 4.79 Å². The van der Waals surface area contributed by atoms with E-state index >= 15 is 0 Å². The van der Waals surface area contributed by atoms with E-state index in [0.717, 1.165) is 12.1 Å². The molecule has 0 saturated carbocycles. The van der Waals surface area contributed by atoms with Gasteiger partial charge in [-0.05, 0) is 12.1 Å². The number of hydrogen-bond acceptors (Lipinski definition) is 5. The van der Waals surface area contributed by atoms with Crippen molar-refractivity contribution in [2.75, 3.05) is 17.6 Å². The molecule has 2 rings (SSSR count). The zero-order valence-electron chi connectivity index (χ0n) is 10.6. The minimum absolute atomic E-state index is 0.269. The van der Waals surface area contributed by atoms with Crippen molar-refractivity contribution >= 4 is 17.4 Å². The van der Waals surface area contributed by atoms with Gasteiger partial charge in [-0.15, -0.1) is 0 Å². The van der Waals surface area contributed by atoms with Crippen LogP contribution in [-0.2, 0) is 13.5 Å². The van der Waals surface area contributed by atoms with Crippen LogP contribution in [0.4, 0.5) is 11.5 Å². The molecule has 100 valence electrons. The molecule has 2 aromatic rings. The smallest absolute Gasteiger partial charge is 0.250 e. The number of nitrogen functional groups attached to an aromatic ring is 1. The number of carbonyl (C=O) groups is 1. The fraction of sp³-hybridized carbons (Fsp3) is 0.250. The average Bonchev–Trinajstić information content (AvgIpc) is 2.77. The summed E-state index contributed by atoms with van der Waals surface area (Å²) in [5, 5.41) is 7.21. The Morgan fingerprint density at radius 1 is 1.53 bits per heavy atom. The first kappa shape index (κ1) is 12.9. The van der Waals surface area contributed by atoms with Crippen LogP contribution in [0.5, 0.6) is 0 Å². The van der Waals surface area contributed by atoms with Gasteiger partial charge in [0.05, 0.1) is 17.4 Å². The second-order valence-corrected chi connectivity index (χ2v) is 4.14. The second kappa shape index (κ2) is 5.38. The van der Waals surface area contributed by atoms with Crippen LogP contribution in [0.2, 0.25) is 0 Å². The molecular weight excluding hydrogens is 244 g/mol. The van der Waals surface area contributed by atoms with Crippen molar-refractivity contribution in [3.8, 4) is 0 Å². The minimum Gasteiger partial charge on any atom is -0.384 e. The fourth-order valence-corrected chi connectivity index (χ4v) is 1.79. The van der Waals surface area contributed by atoms with Crippen molar-refractivity contribution in [1.82, 2.24) is 14.8 Å². The van der Waals surface area contributed by atoms with E-state index < -0.39 is 5.91 Å². The second-order valence-electron chi connectivity index (χ2n) is 4.14. The van der Waals surface area contributed by atoms with E-state index in [4.69, 9.17) is 11.5 Å². The lowest BCUT2D eigenvalue weighted by Gasteiger charge is -2.10. The normalized spacial score (nSPS) is 10.4. The Kier molecular flexibility index (Phi) is 3.65. The van der Waals surface area contributed by atoms with Crippen LogP contribution >= 0.6 is 0 Å². The molecule has 2 heterocycles. The molecule has 7 nitrogen and oxygen atoms in total. The molecule has 0 aromatic carbocycles. The number of amides is 1. The zero-order valence-corrected chi connectivity index (χ0v) is 10.6. The Morgan fingerprint density at radius 2 is 2.32 bits per heavy atom. The topological polar surface area (TPSA) is 112 Å². The lowest BCUT2D eigenvalue weighted by atomic mass is 10.2. The molecule has 0 bridgehead atoms. The van der Waals surface area contributed by atoms with E-state index in [1.165, 1.54) is 12.3 Å². The van der Waals surface area contributed by atoms with Gasteiger partial charge in [-0.25, -0.2) is 4.98 Å². The lowest BCUT2D eigenvalue weighted by Crippen LogP contribution is -2.17. The van der Waals surface area contributed by atoms with E-state index in [-0.39, 0.29) is 5.82 Å². The summed E-state index contributed by atoms with van der Waals surface area (Å²) in [5.41, 5.74) is 12.9. The molecule has 7 heteroatoms. The average molecular weight is 260 g/mol. The van der Waals surface area contributed by atoms with Gasteiger partial charge in [0.15, 0.2) is 0 Å². The largest absolute Gasteiger partial charge is 0.384 e. The van der Waals surface area contributed by atoms with E-state index in [9.17, 15) is 4.79 Å². The third kappa shape index (κ3) is 3.01. The number of carbonyl (C=O) groups excluding carboxylic acids is 1. The number of primary amides is 1. The monoisotopic (exact) mass is 260 g/mol. The maximum Gasteiger partial charge on any atom is 0.250 e. The Labute approximate surface area is 110 Å². The highest BCUT2D eigenvalue weighted by atomic mass is 16.1. The Morgan fingerprint density at radius 3 is 2.95 bits per heavy atom. The summed E-state index contributed by atoms with van der Waals surface area (Å²) >= 11 is 0. The molecular formula is C12H16N6O. The van der Waals surface area contributed by atoms with Crippen LogP contribution in [0, 0.1) is 0 Å². The number of aryl methyl sites for hydroxylation is 1. The van der Waals surface area contributed by atoms with Gasteiger partial charge in [0.1, 0.15) is 5.82 Å². The zero-order chi connectivity index (χ0) is 13.8. The first-order valence-electron chi connectivity index (χ1n) is 5.84. The van der Waals surface area contributed by atoms with Crippen LogP contribution < -0.4 is 16.8 Å². The summed E-state index contributed by atoms with van der Waals surface area (Å²) in [6, 6.07) is 3.41. The van der Waals surface area contributed by atoms with E-state index in [1.807, 2.05) is 13.1 Å². The maximum atomic E-state index is 11.3. The quantitative estimate of drug-likeness (QED) is 0.708. The number of nitrogens with one attached hydrogen (secondary N) is 1. The van der Waals surface area contributed by atoms with Gasteiger partial charge in [-0.1, -0.05) is 0 Å². The number of nitrogens with zero attached hydrogens (tertiary/aromatic N) is 3. The Bertz CT molecular complexity index is 592. The van der Waals surface area contributed by atoms with Gasteiger partial charge in [0.25, 0.3) is 5.91 Å². The number of nitrogens with two attached hydrogens (primary N) is 2. The molecule has 19 heavy (non-hydrogen) atoms. The van der Waals surface area contributed by atoms with Gasteiger partial charge >= 0.3 is 0 Å². The van der Waals surface area contributed by atoms with Crippen molar-refractivity contribution in [3.63, 3.8) is 0 Å². The van der Waals surface area contributed by atoms with Crippen LogP contribution in [0.15, 0.2) is 24.5 Å². The molecule has 0 atom stereocenters. The predicted molar refractivity (Wildman–Crippen MR) is 72.6 cm³/mol. The molecule has 1 amide bonds. The maximum absolute atomic E-state index is 11.3. The van der Waals surface area contributed by atoms with Crippen molar-refractivity contribution in [1.29, 1.82) is 0 Å². The molecule has 2 aromatic heterocycles. The third-order valence-corrected chi connectivity index (χ3v) is 2.81. The lowest BCUT2D eigenvalue weighted by molar-refractivity contribution is 0.100. The summed E-state index contributed by atoms with van der Waals surface area (Å²) in [7, 11) is 1.88. The standard InChI is InChI=1S/C12H16N6O/c1-18-8(3-5-17-18)2-4-15-10-7-16-11(13)6-9(10)12(14)19/h3,5-7,15H,2,4H2,1H3,(H2,13,16)(H2,14,19). The third-order valence-electron chi connectivity index (χ3n) is 2.81. The Hall–Kier alpha value is -2.57. The van der Waals surface area contributed by atoms with E-state index in [2.05, 4.69) is 15.4 Å². The first-order chi connectivity index (χ1) is 9.08. The highest BCUT2D eigenvalue weighted by Crippen LogP contribution is 2.15. The van der Waals surface area contributed by atoms with E-state index in [1.54, 1.807) is 10.9 Å². The number of rotatable bonds is 5. The summed E-state index contributed by atoms with van der Waals surface area (Å²) in [6.45, 7) is 0.644. The summed E-state index contributed by atoms with van der Waals surface area (Å²) < 4.78 is 1.80. The Balaban J connectivity index is 2.03. The van der Waals surface area contributed by atoms with Gasteiger partial charge in [0, 0.05) is 31.9 Å². The first-order valence-corrected chi connectivity index (χ1v) is 5.84. The molecule has 0 unspecified atom stereocenters. The van der Waals surface area contributed by atoms with Gasteiger partial charge in [0.2, 0.25) is 0 Å². The number of anilines is 2. The fourth-order valence-electron chi connectivity index (χ4n) is 1.79. The highest BCUT2D eigenvalue weighted by molar-refractivity contribution is 5.98. The molecule has 0 aliphatic heterocycles. The number of aromatic nitrogens is 3. The molecule has 0 saturated heterocycles. The summed E-state index contributed by atoms with van der Waals surface area (Å²) in [4.78, 5) is 15.3. The van der Waals surface area contributed by atoms with Crippen LogP contribution in [-0.4, -0.2) is 27.2 Å². The molecule has 0 fully saturated rings. The van der Waals surface area contributed by atoms with Crippen molar-refractivity contribution in [2.24, 2.45) is 12.8 Å². The van der Waals surface area contributed by atoms with E-state index in [0.29, 0.717) is 17.8 Å². The minimum atomic E-state index is -0.530. The van der Waals surface area contributed by atoms with Crippen molar-refractivity contribution in [3.05, 3.63) is 35.8 Å². The van der Waals surface area contributed by atoms with Crippen LogP contribution in [0.25, 0.3) is 0 Å². The van der Waals surface area contributed by atoms with Gasteiger partial charge in [-0.3, -0.25) is 9.48 Å². The van der Waals surface area contributed by atoms with Crippen LogP contribution in [0.3, 0.4) is 0 Å². The SMILES string of the molecule is Cn1nccc1CCNc1cnc(N)cc1C(N)=O. The summed E-state index contributed by atoms with van der Waals surface area (Å²) in [6.07, 6.45) is 4.03. The van der Waals surface area contributed by atoms with Gasteiger partial charge in [-0.2, -0.15) is 5.10 Å². The summed E-state index contributed by atoms with van der Waals surface area (Å²) in [5.74, 6) is -0.261. The van der Waals surface area contributed by atoms with Crippen molar-refractivity contribution in [2.45, 2.75) is 6.42 Å². The molecule has 5 N–H and O–H groups in total. The van der Waals surface area contributed by atoms with Crippen LogP contribution in [0.1, 0.15) is 16.1 Å². The number of pyridine rings is 1. The molecule has 0 radical (unpaired) electrons. The van der Waals surface area contributed by atoms with Gasteiger partial charge < -0.3 is 16.8 Å².